The van der Waals surface area contributed by atoms with Gasteiger partial charge in [0.2, 0.25) is 0 Å². The highest BCUT2D eigenvalue weighted by atomic mass is 16.6. The normalized spacial score (nSPS) is 11.0. The molecule has 0 aliphatic rings. The van der Waals surface area contributed by atoms with Crippen LogP contribution in [0.3, 0.4) is 0 Å². The topological polar surface area (TPSA) is 60.4 Å². The molecule has 0 bridgehead atoms. The second kappa shape index (κ2) is 4.83. The Morgan fingerprint density at radius 3 is 2.72 bits per heavy atom. The lowest BCUT2D eigenvalue weighted by Gasteiger charge is -1.99. The Morgan fingerprint density at radius 1 is 1.39 bits per heavy atom. The van der Waals surface area contributed by atoms with Crippen LogP contribution >= 0.6 is 0 Å². The quantitative estimate of drug-likeness (QED) is 0.472. The van der Waals surface area contributed by atoms with E-state index in [1.54, 1.807) is 12.3 Å². The summed E-state index contributed by atoms with van der Waals surface area (Å²) in [5.41, 5.74) is 2.61. The molecule has 0 amide bonds. The molecule has 18 heavy (non-hydrogen) atoms. The summed E-state index contributed by atoms with van der Waals surface area (Å²) in [5.74, 6) is 0. The molecular formula is C13H13N3O2. The van der Waals surface area contributed by atoms with E-state index in [4.69, 9.17) is 0 Å². The van der Waals surface area contributed by atoms with Gasteiger partial charge in [0.05, 0.1) is 10.6 Å². The van der Waals surface area contributed by atoms with Gasteiger partial charge in [0.15, 0.2) is 0 Å². The van der Waals surface area contributed by atoms with E-state index in [1.165, 1.54) is 12.1 Å². The first-order valence-corrected chi connectivity index (χ1v) is 5.47. The number of non-ortho nitro benzene ring substituents is 1. The van der Waals surface area contributed by atoms with Crippen molar-refractivity contribution in [2.75, 3.05) is 0 Å². The Balaban J connectivity index is 2.24. The fourth-order valence-electron chi connectivity index (χ4n) is 1.64. The lowest BCUT2D eigenvalue weighted by atomic mass is 10.2. The van der Waals surface area contributed by atoms with Crippen molar-refractivity contribution in [3.63, 3.8) is 0 Å². The van der Waals surface area contributed by atoms with Gasteiger partial charge in [-0.3, -0.25) is 15.1 Å². The number of nitrogens with zero attached hydrogens (tertiary/aromatic N) is 3. The van der Waals surface area contributed by atoms with Crippen LogP contribution in [0.4, 0.5) is 11.4 Å². The average molecular weight is 243 g/mol. The maximum Gasteiger partial charge on any atom is 0.269 e. The fraction of sp³-hybridized carbons (Fsp3) is 0.154. The van der Waals surface area contributed by atoms with Crippen LogP contribution in [-0.4, -0.2) is 15.7 Å². The minimum absolute atomic E-state index is 0.0890. The third kappa shape index (κ3) is 2.63. The molecule has 2 rings (SSSR count). The molecule has 0 radical (unpaired) electrons. The third-order valence-corrected chi connectivity index (χ3v) is 2.60. The summed E-state index contributed by atoms with van der Waals surface area (Å²) in [5, 5.41) is 10.6. The smallest absolute Gasteiger partial charge is 0.269 e. The Morgan fingerprint density at radius 2 is 2.17 bits per heavy atom. The predicted molar refractivity (Wildman–Crippen MR) is 70.5 cm³/mol. The second-order valence-electron chi connectivity index (χ2n) is 4.10. The lowest BCUT2D eigenvalue weighted by molar-refractivity contribution is -0.384. The molecule has 1 aromatic carbocycles. The van der Waals surface area contributed by atoms with Crippen molar-refractivity contribution in [2.45, 2.75) is 6.92 Å². The van der Waals surface area contributed by atoms with Crippen LogP contribution in [0.5, 0.6) is 0 Å². The highest BCUT2D eigenvalue weighted by Gasteiger charge is 2.06. The zero-order valence-electron chi connectivity index (χ0n) is 10.2. The molecule has 0 unspecified atom stereocenters. The number of aryl methyl sites for hydroxylation is 2. The van der Waals surface area contributed by atoms with Crippen molar-refractivity contribution >= 4 is 17.6 Å². The van der Waals surface area contributed by atoms with E-state index in [0.29, 0.717) is 0 Å². The monoisotopic (exact) mass is 243 g/mol. The molecule has 5 heteroatoms. The number of hydrogen-bond acceptors (Lipinski definition) is 3. The largest absolute Gasteiger partial charge is 0.357 e. The van der Waals surface area contributed by atoms with Gasteiger partial charge in [0, 0.05) is 43.4 Å². The fourth-order valence-corrected chi connectivity index (χ4v) is 1.64. The van der Waals surface area contributed by atoms with E-state index >= 15 is 0 Å². The van der Waals surface area contributed by atoms with Gasteiger partial charge in [-0.05, 0) is 24.6 Å². The summed E-state index contributed by atoms with van der Waals surface area (Å²) in [7, 11) is 1.94. The van der Waals surface area contributed by atoms with E-state index in [9.17, 15) is 10.1 Å². The zero-order valence-corrected chi connectivity index (χ0v) is 10.2. The molecule has 0 aliphatic heterocycles. The second-order valence-corrected chi connectivity index (χ2v) is 4.10. The van der Waals surface area contributed by atoms with Gasteiger partial charge in [0.25, 0.3) is 5.69 Å². The first kappa shape index (κ1) is 12.0. The molecule has 2 aromatic rings. The lowest BCUT2D eigenvalue weighted by Crippen LogP contribution is -1.88. The summed E-state index contributed by atoms with van der Waals surface area (Å²) >= 11 is 0. The maximum absolute atomic E-state index is 10.6. The van der Waals surface area contributed by atoms with Crippen LogP contribution < -0.4 is 0 Å². The Kier molecular flexibility index (Phi) is 3.23. The molecule has 0 saturated heterocycles. The van der Waals surface area contributed by atoms with Gasteiger partial charge in [-0.1, -0.05) is 0 Å². The van der Waals surface area contributed by atoms with Gasteiger partial charge in [0.1, 0.15) is 0 Å². The number of aliphatic imine (C=N–C) groups is 1. The van der Waals surface area contributed by atoms with Gasteiger partial charge in [-0.25, -0.2) is 0 Å². The number of nitro groups is 1. The molecule has 0 atom stereocenters. The maximum atomic E-state index is 10.6. The van der Waals surface area contributed by atoms with E-state index in [-0.39, 0.29) is 5.69 Å². The average Bonchev–Trinajstić information content (AvgIpc) is 2.73. The van der Waals surface area contributed by atoms with Crippen LogP contribution in [0.1, 0.15) is 11.1 Å². The highest BCUT2D eigenvalue weighted by Crippen LogP contribution is 2.23. The van der Waals surface area contributed by atoms with Crippen molar-refractivity contribution in [2.24, 2.45) is 12.0 Å². The molecular weight excluding hydrogens is 230 g/mol. The number of rotatable bonds is 3. The minimum atomic E-state index is -0.405. The summed E-state index contributed by atoms with van der Waals surface area (Å²) in [6.45, 7) is 1.81. The number of nitro benzene ring substituents is 1. The Bertz CT molecular complexity index is 614. The van der Waals surface area contributed by atoms with Crippen molar-refractivity contribution in [1.82, 2.24) is 4.57 Å². The van der Waals surface area contributed by atoms with E-state index in [0.717, 1.165) is 16.8 Å². The van der Waals surface area contributed by atoms with Gasteiger partial charge in [-0.2, -0.15) is 0 Å². The molecule has 92 valence electrons. The predicted octanol–water partition coefficient (Wildman–Crippen LogP) is 2.99. The van der Waals surface area contributed by atoms with E-state index in [1.807, 2.05) is 37.0 Å². The molecule has 0 N–H and O–H groups in total. The Hall–Kier alpha value is -2.43. The van der Waals surface area contributed by atoms with E-state index in [2.05, 4.69) is 4.99 Å². The summed E-state index contributed by atoms with van der Waals surface area (Å²) in [6.07, 6.45) is 5.63. The summed E-state index contributed by atoms with van der Waals surface area (Å²) < 4.78 is 1.93. The van der Waals surface area contributed by atoms with Crippen molar-refractivity contribution < 1.29 is 4.92 Å². The summed E-state index contributed by atoms with van der Waals surface area (Å²) in [4.78, 5) is 14.5. The van der Waals surface area contributed by atoms with Crippen molar-refractivity contribution in [3.8, 4) is 0 Å². The molecule has 0 saturated carbocycles. The minimum Gasteiger partial charge on any atom is -0.357 e. The molecule has 5 nitrogen and oxygen atoms in total. The van der Waals surface area contributed by atoms with Gasteiger partial charge >= 0.3 is 0 Å². The standard InChI is InChI=1S/C13H13N3O2/c1-10-7-12(16(17)18)3-4-13(10)14-8-11-5-6-15(2)9-11/h3-9H,1-2H3. The SMILES string of the molecule is Cc1cc([N+](=O)[O-])ccc1N=Cc1ccn(C)c1. The van der Waals surface area contributed by atoms with Crippen molar-refractivity contribution in [3.05, 3.63) is 57.9 Å². The highest BCUT2D eigenvalue weighted by molar-refractivity contribution is 5.82. The Labute approximate surface area is 105 Å². The van der Waals surface area contributed by atoms with Crippen LogP contribution in [-0.2, 0) is 7.05 Å². The van der Waals surface area contributed by atoms with Crippen LogP contribution in [0.15, 0.2) is 41.7 Å². The van der Waals surface area contributed by atoms with E-state index < -0.39 is 4.92 Å². The summed E-state index contributed by atoms with van der Waals surface area (Å²) in [6, 6.07) is 6.60. The number of benzene rings is 1. The molecule has 0 spiro atoms. The number of aromatic nitrogens is 1. The first-order chi connectivity index (χ1) is 8.56. The third-order valence-electron chi connectivity index (χ3n) is 2.60. The van der Waals surface area contributed by atoms with Gasteiger partial charge < -0.3 is 4.57 Å². The molecule has 0 fully saturated rings. The first-order valence-electron chi connectivity index (χ1n) is 5.47. The van der Waals surface area contributed by atoms with Crippen LogP contribution in [0, 0.1) is 17.0 Å². The molecule has 0 aliphatic carbocycles. The van der Waals surface area contributed by atoms with Crippen LogP contribution in [0.2, 0.25) is 0 Å². The molecule has 1 aromatic heterocycles. The number of hydrogen-bond donors (Lipinski definition) is 0. The zero-order chi connectivity index (χ0) is 13.1. The van der Waals surface area contributed by atoms with Crippen molar-refractivity contribution in [1.29, 1.82) is 0 Å². The van der Waals surface area contributed by atoms with Gasteiger partial charge in [-0.15, -0.1) is 0 Å². The molecule has 1 heterocycles. The van der Waals surface area contributed by atoms with Crippen LogP contribution in [0.25, 0.3) is 0 Å².